The molecule has 0 aliphatic carbocycles. The first-order valence-corrected chi connectivity index (χ1v) is 11.6. The highest BCUT2D eigenvalue weighted by Crippen LogP contribution is 2.47. The van der Waals surface area contributed by atoms with Crippen LogP contribution in [0.4, 0.5) is 11.4 Å². The second kappa shape index (κ2) is 9.34. The third-order valence-corrected chi connectivity index (χ3v) is 6.54. The van der Waals surface area contributed by atoms with E-state index in [1.165, 1.54) is 38.0 Å². The standard InChI is InChI=1S/C26H22N4O2S/c31-25-16-15-20(28-30(25)19-9-2-1-3-10-19)26(32)27-17-8-18-29-21-11-4-6-13-23(21)33-24-14-7-5-12-22(24)29/h1-7,9-16H,8,17-18H2,(H,27,32). The smallest absolute Gasteiger partial charge is 0.271 e. The lowest BCUT2D eigenvalue weighted by Gasteiger charge is -2.32. The van der Waals surface area contributed by atoms with Gasteiger partial charge in [-0.1, -0.05) is 54.2 Å². The first kappa shape index (κ1) is 21.0. The molecule has 164 valence electrons. The number of nitrogens with zero attached hydrogens (tertiary/aromatic N) is 3. The normalized spacial score (nSPS) is 12.1. The fourth-order valence-corrected chi connectivity index (χ4v) is 4.93. The van der Waals surface area contributed by atoms with Crippen molar-refractivity contribution in [2.75, 3.05) is 18.0 Å². The van der Waals surface area contributed by atoms with Crippen LogP contribution < -0.4 is 15.8 Å². The van der Waals surface area contributed by atoms with E-state index < -0.39 is 0 Å². The van der Waals surface area contributed by atoms with Gasteiger partial charge < -0.3 is 10.2 Å². The lowest BCUT2D eigenvalue weighted by atomic mass is 10.2. The zero-order valence-electron chi connectivity index (χ0n) is 17.8. The van der Waals surface area contributed by atoms with Crippen LogP contribution >= 0.6 is 11.8 Å². The van der Waals surface area contributed by atoms with Crippen LogP contribution in [0.3, 0.4) is 0 Å². The predicted octanol–water partition coefficient (Wildman–Crippen LogP) is 4.66. The lowest BCUT2D eigenvalue weighted by Crippen LogP contribution is -2.31. The molecule has 1 aliphatic heterocycles. The lowest BCUT2D eigenvalue weighted by molar-refractivity contribution is 0.0946. The van der Waals surface area contributed by atoms with Gasteiger partial charge in [-0.3, -0.25) is 9.59 Å². The summed E-state index contributed by atoms with van der Waals surface area (Å²) in [7, 11) is 0. The highest BCUT2D eigenvalue weighted by Gasteiger charge is 2.22. The van der Waals surface area contributed by atoms with E-state index in [-0.39, 0.29) is 17.2 Å². The molecule has 0 fully saturated rings. The van der Waals surface area contributed by atoms with E-state index in [0.29, 0.717) is 12.2 Å². The highest BCUT2D eigenvalue weighted by molar-refractivity contribution is 7.99. The Morgan fingerprint density at radius 2 is 1.45 bits per heavy atom. The third kappa shape index (κ3) is 4.40. The van der Waals surface area contributed by atoms with Crippen LogP contribution in [0, 0.1) is 0 Å². The van der Waals surface area contributed by atoms with Gasteiger partial charge in [0.1, 0.15) is 5.69 Å². The van der Waals surface area contributed by atoms with Gasteiger partial charge in [0.05, 0.1) is 17.1 Å². The minimum Gasteiger partial charge on any atom is -0.351 e. The van der Waals surface area contributed by atoms with Crippen molar-refractivity contribution >= 4 is 29.0 Å². The van der Waals surface area contributed by atoms with Crippen molar-refractivity contribution < 1.29 is 4.79 Å². The quantitative estimate of drug-likeness (QED) is 0.430. The molecule has 0 unspecified atom stereocenters. The van der Waals surface area contributed by atoms with E-state index in [9.17, 15) is 9.59 Å². The van der Waals surface area contributed by atoms with Gasteiger partial charge in [-0.05, 0) is 48.9 Å². The number of hydrogen-bond acceptors (Lipinski definition) is 5. The second-order valence-corrected chi connectivity index (χ2v) is 8.69. The first-order valence-electron chi connectivity index (χ1n) is 10.8. The summed E-state index contributed by atoms with van der Waals surface area (Å²) in [4.78, 5) is 29.6. The molecule has 1 amide bonds. The molecule has 7 heteroatoms. The summed E-state index contributed by atoms with van der Waals surface area (Å²) in [5.74, 6) is -0.297. The highest BCUT2D eigenvalue weighted by atomic mass is 32.2. The number of carbonyl (C=O) groups excluding carboxylic acids is 1. The number of carbonyl (C=O) groups is 1. The van der Waals surface area contributed by atoms with Crippen LogP contribution in [-0.4, -0.2) is 28.8 Å². The maximum atomic E-state index is 12.7. The molecular weight excluding hydrogens is 432 g/mol. The molecule has 3 aromatic carbocycles. The number of benzene rings is 3. The minimum atomic E-state index is -0.297. The number of para-hydroxylation sites is 3. The summed E-state index contributed by atoms with van der Waals surface area (Å²) in [6, 6.07) is 28.7. The van der Waals surface area contributed by atoms with Gasteiger partial charge in [0.15, 0.2) is 0 Å². The van der Waals surface area contributed by atoms with Crippen LogP contribution in [0.1, 0.15) is 16.9 Å². The van der Waals surface area contributed by atoms with Crippen LogP contribution in [0.5, 0.6) is 0 Å². The Bertz CT molecular complexity index is 1310. The van der Waals surface area contributed by atoms with Crippen molar-refractivity contribution in [2.24, 2.45) is 0 Å². The summed E-state index contributed by atoms with van der Waals surface area (Å²) in [5, 5.41) is 7.19. The molecule has 0 atom stereocenters. The summed E-state index contributed by atoms with van der Waals surface area (Å²) in [6.07, 6.45) is 0.761. The maximum Gasteiger partial charge on any atom is 0.271 e. The van der Waals surface area contributed by atoms with E-state index in [2.05, 4.69) is 63.8 Å². The van der Waals surface area contributed by atoms with Crippen LogP contribution in [-0.2, 0) is 0 Å². The van der Waals surface area contributed by atoms with Crippen molar-refractivity contribution in [3.8, 4) is 5.69 Å². The van der Waals surface area contributed by atoms with Gasteiger partial charge >= 0.3 is 0 Å². The second-order valence-electron chi connectivity index (χ2n) is 7.60. The molecule has 0 spiro atoms. The van der Waals surface area contributed by atoms with Crippen molar-refractivity contribution in [1.82, 2.24) is 15.1 Å². The molecule has 5 rings (SSSR count). The van der Waals surface area contributed by atoms with Gasteiger partial charge in [-0.25, -0.2) is 0 Å². The molecule has 0 bridgehead atoms. The summed E-state index contributed by atoms with van der Waals surface area (Å²) < 4.78 is 1.24. The molecule has 0 saturated carbocycles. The Hall–Kier alpha value is -3.84. The molecule has 0 radical (unpaired) electrons. The van der Waals surface area contributed by atoms with Crippen molar-refractivity contribution in [3.05, 3.63) is 107 Å². The topological polar surface area (TPSA) is 67.2 Å². The van der Waals surface area contributed by atoms with Gasteiger partial charge in [0.25, 0.3) is 11.5 Å². The fourth-order valence-electron chi connectivity index (χ4n) is 3.84. The third-order valence-electron chi connectivity index (χ3n) is 5.41. The van der Waals surface area contributed by atoms with Gasteiger partial charge in [0.2, 0.25) is 0 Å². The Morgan fingerprint density at radius 3 is 2.15 bits per heavy atom. The number of aromatic nitrogens is 2. The van der Waals surface area contributed by atoms with Crippen molar-refractivity contribution in [1.29, 1.82) is 0 Å². The molecule has 1 aliphatic rings. The average Bonchev–Trinajstić information content (AvgIpc) is 2.86. The molecule has 1 aromatic heterocycles. The van der Waals surface area contributed by atoms with Crippen molar-refractivity contribution in [3.63, 3.8) is 0 Å². The van der Waals surface area contributed by atoms with Crippen LogP contribution in [0.15, 0.2) is 106 Å². The number of fused-ring (bicyclic) bond motifs is 2. The Balaban J connectivity index is 1.25. The van der Waals surface area contributed by atoms with Crippen molar-refractivity contribution in [2.45, 2.75) is 16.2 Å². The Kier molecular flexibility index (Phi) is 5.95. The number of anilines is 2. The zero-order chi connectivity index (χ0) is 22.6. The summed E-state index contributed by atoms with van der Waals surface area (Å²) in [6.45, 7) is 1.27. The number of amides is 1. The number of rotatable bonds is 6. The Labute approximate surface area is 195 Å². The van der Waals surface area contributed by atoms with E-state index in [1.54, 1.807) is 23.9 Å². The van der Waals surface area contributed by atoms with Gasteiger partial charge in [-0.15, -0.1) is 0 Å². The van der Waals surface area contributed by atoms with Gasteiger partial charge in [0, 0.05) is 28.9 Å². The largest absolute Gasteiger partial charge is 0.351 e. The summed E-state index contributed by atoms with van der Waals surface area (Å²) >= 11 is 1.78. The monoisotopic (exact) mass is 454 g/mol. The molecule has 1 N–H and O–H groups in total. The fraction of sp³-hybridized carbons (Fsp3) is 0.115. The molecule has 0 saturated heterocycles. The Morgan fingerprint density at radius 1 is 0.818 bits per heavy atom. The average molecular weight is 455 g/mol. The minimum absolute atomic E-state index is 0.212. The first-order chi connectivity index (χ1) is 16.2. The van der Waals surface area contributed by atoms with E-state index >= 15 is 0 Å². The number of nitrogens with one attached hydrogen (secondary N) is 1. The molecule has 33 heavy (non-hydrogen) atoms. The van der Waals surface area contributed by atoms with E-state index in [0.717, 1.165) is 13.0 Å². The molecule has 4 aromatic rings. The molecular formula is C26H22N4O2S. The molecule has 6 nitrogen and oxygen atoms in total. The SMILES string of the molecule is O=C(NCCCN1c2ccccc2Sc2ccccc21)c1ccc(=O)n(-c2ccccc2)n1. The maximum absolute atomic E-state index is 12.7. The van der Waals surface area contributed by atoms with E-state index in [1.807, 2.05) is 18.2 Å². The van der Waals surface area contributed by atoms with Gasteiger partial charge in [-0.2, -0.15) is 9.78 Å². The zero-order valence-corrected chi connectivity index (χ0v) is 18.7. The molecule has 2 heterocycles. The van der Waals surface area contributed by atoms with Crippen LogP contribution in [0.2, 0.25) is 0 Å². The van der Waals surface area contributed by atoms with Crippen LogP contribution in [0.25, 0.3) is 5.69 Å². The summed E-state index contributed by atoms with van der Waals surface area (Å²) in [5.41, 5.74) is 2.92. The predicted molar refractivity (Wildman–Crippen MR) is 131 cm³/mol. The number of hydrogen-bond donors (Lipinski definition) is 1. The van der Waals surface area contributed by atoms with E-state index in [4.69, 9.17) is 0 Å².